The summed E-state index contributed by atoms with van der Waals surface area (Å²) < 4.78 is 11.5. The summed E-state index contributed by atoms with van der Waals surface area (Å²) in [4.78, 5) is 55.1. The second-order valence-corrected chi connectivity index (χ2v) is 30.9. The SMILES string of the molecule is CC(C)(C)c1nc(NC2CCCCC2)nc(NC2CCCCC2)n1.CC(C)(C)c1nc(NCc2ccccc2)nc(NCc2ccccc2)n1.CC(C)(C)c1nc(Nc2cccc3ccccc23)nc(Nc2cccc3ccccc23)n1.CC(C)(C)c1nc(Oc2ccccc2)nc(Oc2ccccc2)n1. The lowest BCUT2D eigenvalue weighted by Gasteiger charge is -2.26. The molecule has 106 heavy (non-hydrogen) atoms. The molecule has 0 radical (unpaired) electrons. The van der Waals surface area contributed by atoms with Gasteiger partial charge in [0.15, 0.2) is 0 Å². The number of hydrogen-bond acceptors (Lipinski definition) is 20. The van der Waals surface area contributed by atoms with Crippen LogP contribution in [0.2, 0.25) is 0 Å². The van der Waals surface area contributed by atoms with E-state index in [0.29, 0.717) is 66.3 Å². The standard InChI is InChI=1S/C27H25N5.C21H25N5.C19H33N5.C19H19N3O2/c1-27(2,3)24-30-25(28-22-16-8-12-18-10-4-6-14-20(18)22)32-26(31-24)29-23-17-9-13-19-11-5-7-15-21(19)23;1-21(2,3)18-24-19(22-14-16-10-6-4-7-11-16)26-20(25-18)23-15-17-12-8-5-9-13-17;1-19(2,3)16-22-17(20-14-10-6-4-7-11-14)24-18(23-16)21-15-12-8-5-9-13-15;1-19(2,3)16-20-17(23-14-10-6-4-7-11-14)22-18(21-16)24-15-12-8-5-9-13-15/h4-17H,1-3H3,(H2,28,29,30,31,32);4-13H,14-15H2,1-3H3,(H2,22,23,24,25,26);14-15H,4-13H2,1-3H3,(H2,20,21,22,23,24);4-13H,1-3H3. The third kappa shape index (κ3) is 22.9. The molecule has 20 heteroatoms. The van der Waals surface area contributed by atoms with Crippen molar-refractivity contribution < 1.29 is 9.47 Å². The van der Waals surface area contributed by atoms with Crippen LogP contribution < -0.4 is 41.4 Å². The molecule has 0 atom stereocenters. The Morgan fingerprint density at radius 2 is 0.594 bits per heavy atom. The Morgan fingerprint density at radius 1 is 0.292 bits per heavy atom. The van der Waals surface area contributed by atoms with Crippen LogP contribution in [0.5, 0.6) is 23.5 Å². The first-order valence-corrected chi connectivity index (χ1v) is 37.1. The molecule has 2 saturated carbocycles. The Balaban J connectivity index is 0.000000142. The highest BCUT2D eigenvalue weighted by atomic mass is 16.5. The Labute approximate surface area is 624 Å². The van der Waals surface area contributed by atoms with Crippen molar-refractivity contribution in [2.24, 2.45) is 0 Å². The van der Waals surface area contributed by atoms with Crippen molar-refractivity contribution in [1.82, 2.24) is 59.8 Å². The van der Waals surface area contributed by atoms with Crippen LogP contribution in [0.3, 0.4) is 0 Å². The van der Waals surface area contributed by atoms with Gasteiger partial charge in [-0.2, -0.15) is 54.8 Å². The molecule has 0 bridgehead atoms. The molecule has 0 spiro atoms. The smallest absolute Gasteiger partial charge is 0.328 e. The summed E-state index contributed by atoms with van der Waals surface area (Å²) in [6.45, 7) is 26.5. The molecule has 2 aliphatic rings. The molecule has 548 valence electrons. The minimum absolute atomic E-state index is 0.0745. The second kappa shape index (κ2) is 35.5. The molecule has 8 aromatic carbocycles. The first-order valence-electron chi connectivity index (χ1n) is 37.1. The van der Waals surface area contributed by atoms with Gasteiger partial charge in [-0.25, -0.2) is 0 Å². The number of ether oxygens (including phenoxy) is 2. The summed E-state index contributed by atoms with van der Waals surface area (Å²) in [7, 11) is 0. The highest BCUT2D eigenvalue weighted by Gasteiger charge is 2.26. The topological polar surface area (TPSA) is 245 Å². The molecule has 2 fully saturated rings. The van der Waals surface area contributed by atoms with E-state index in [9.17, 15) is 0 Å². The van der Waals surface area contributed by atoms with E-state index in [-0.39, 0.29) is 33.7 Å². The van der Waals surface area contributed by atoms with Gasteiger partial charge < -0.3 is 41.4 Å². The molecule has 4 aromatic heterocycles. The third-order valence-corrected chi connectivity index (χ3v) is 17.6. The number of para-hydroxylation sites is 2. The average molecular weight is 1420 g/mol. The maximum absolute atomic E-state index is 5.75. The van der Waals surface area contributed by atoms with Crippen LogP contribution in [0.1, 0.15) is 182 Å². The van der Waals surface area contributed by atoms with Crippen LogP contribution in [0.25, 0.3) is 21.5 Å². The maximum Gasteiger partial charge on any atom is 0.328 e. The first-order chi connectivity index (χ1) is 51.0. The molecule has 20 nitrogen and oxygen atoms in total. The fourth-order valence-corrected chi connectivity index (χ4v) is 11.8. The van der Waals surface area contributed by atoms with E-state index in [2.05, 4.69) is 185 Å². The average Bonchev–Trinajstić information content (AvgIpc) is 0.775. The first kappa shape index (κ1) is 75.9. The molecular formula is C86H102N18O2. The van der Waals surface area contributed by atoms with E-state index >= 15 is 0 Å². The molecule has 0 unspecified atom stereocenters. The number of aromatic nitrogens is 12. The molecule has 0 aliphatic heterocycles. The van der Waals surface area contributed by atoms with E-state index in [4.69, 9.17) is 39.4 Å². The monoisotopic (exact) mass is 1420 g/mol. The van der Waals surface area contributed by atoms with Crippen molar-refractivity contribution >= 4 is 68.6 Å². The van der Waals surface area contributed by atoms with Gasteiger partial charge >= 0.3 is 12.0 Å². The molecular weight excluding hydrogens is 1320 g/mol. The quantitative estimate of drug-likeness (QED) is 0.0467. The number of anilines is 8. The maximum atomic E-state index is 5.75. The summed E-state index contributed by atoms with van der Waals surface area (Å²) in [5.74, 6) is 7.99. The number of nitrogens with zero attached hydrogens (tertiary/aromatic N) is 12. The third-order valence-electron chi connectivity index (χ3n) is 17.6. The number of fused-ring (bicyclic) bond motifs is 2. The van der Waals surface area contributed by atoms with E-state index in [1.807, 2.05) is 166 Å². The van der Waals surface area contributed by atoms with Gasteiger partial charge in [-0.3, -0.25) is 0 Å². The van der Waals surface area contributed by atoms with Crippen LogP contribution in [-0.2, 0) is 34.7 Å². The molecule has 2 aliphatic carbocycles. The summed E-state index contributed by atoms with van der Waals surface area (Å²) in [6, 6.07) is 69.6. The van der Waals surface area contributed by atoms with Crippen molar-refractivity contribution in [3.8, 4) is 23.5 Å². The van der Waals surface area contributed by atoms with Crippen LogP contribution in [-0.4, -0.2) is 71.9 Å². The van der Waals surface area contributed by atoms with Gasteiger partial charge in [-0.15, -0.1) is 4.98 Å². The number of nitrogens with one attached hydrogen (secondary N) is 6. The zero-order chi connectivity index (χ0) is 74.5. The van der Waals surface area contributed by atoms with Gasteiger partial charge in [0.1, 0.15) is 34.8 Å². The fourth-order valence-electron chi connectivity index (χ4n) is 11.8. The Bertz CT molecular complexity index is 4470. The normalized spacial score (nSPS) is 13.5. The Morgan fingerprint density at radius 3 is 0.972 bits per heavy atom. The molecule has 14 rings (SSSR count). The zero-order valence-corrected chi connectivity index (χ0v) is 63.5. The predicted molar refractivity (Wildman–Crippen MR) is 430 cm³/mol. The Kier molecular flexibility index (Phi) is 25.4. The van der Waals surface area contributed by atoms with Gasteiger partial charge in [-0.05, 0) is 84.0 Å². The van der Waals surface area contributed by atoms with Crippen molar-refractivity contribution in [3.05, 3.63) is 241 Å². The predicted octanol–water partition coefficient (Wildman–Crippen LogP) is 20.8. The summed E-state index contributed by atoms with van der Waals surface area (Å²) >= 11 is 0. The minimum Gasteiger partial charge on any atom is -0.424 e. The molecule has 0 saturated heterocycles. The number of benzene rings is 8. The highest BCUT2D eigenvalue weighted by molar-refractivity contribution is 5.96. The minimum atomic E-state index is -0.257. The van der Waals surface area contributed by atoms with Crippen molar-refractivity contribution in [1.29, 1.82) is 0 Å². The van der Waals surface area contributed by atoms with Crippen LogP contribution in [0, 0.1) is 0 Å². The lowest BCUT2D eigenvalue weighted by Crippen LogP contribution is -2.28. The second-order valence-electron chi connectivity index (χ2n) is 30.9. The van der Waals surface area contributed by atoms with Gasteiger partial charge in [0, 0.05) is 69.0 Å². The molecule has 0 amide bonds. The summed E-state index contributed by atoms with van der Waals surface area (Å²) in [5.41, 5.74) is 3.58. The van der Waals surface area contributed by atoms with Gasteiger partial charge in [0.25, 0.3) is 0 Å². The van der Waals surface area contributed by atoms with Crippen molar-refractivity contribution in [3.63, 3.8) is 0 Å². The summed E-state index contributed by atoms with van der Waals surface area (Å²) in [5, 5.41) is 25.2. The van der Waals surface area contributed by atoms with Crippen molar-refractivity contribution in [2.45, 2.75) is 194 Å². The van der Waals surface area contributed by atoms with Crippen molar-refractivity contribution in [2.75, 3.05) is 31.9 Å². The largest absolute Gasteiger partial charge is 0.424 e. The lowest BCUT2D eigenvalue weighted by molar-refractivity contribution is 0.380. The van der Waals surface area contributed by atoms with Gasteiger partial charge in [0.2, 0.25) is 35.7 Å². The zero-order valence-electron chi connectivity index (χ0n) is 63.5. The highest BCUT2D eigenvalue weighted by Crippen LogP contribution is 2.33. The van der Waals surface area contributed by atoms with E-state index in [1.165, 1.54) is 75.3 Å². The van der Waals surface area contributed by atoms with E-state index in [1.54, 1.807) is 0 Å². The van der Waals surface area contributed by atoms with Crippen LogP contribution in [0.15, 0.2) is 206 Å². The van der Waals surface area contributed by atoms with Crippen LogP contribution in [0.4, 0.5) is 47.1 Å². The molecule has 4 heterocycles. The molecule has 6 N–H and O–H groups in total. The lowest BCUT2D eigenvalue weighted by atomic mass is 9.95. The number of hydrogen-bond donors (Lipinski definition) is 6. The van der Waals surface area contributed by atoms with E-state index in [0.717, 1.165) is 62.3 Å². The van der Waals surface area contributed by atoms with Gasteiger partial charge in [0.05, 0.1) is 0 Å². The fraction of sp³-hybridized carbons (Fsp3) is 0.349. The molecule has 12 aromatic rings. The van der Waals surface area contributed by atoms with Gasteiger partial charge in [-0.1, -0.05) is 291 Å². The Hall–Kier alpha value is -11.3. The number of rotatable bonds is 18. The van der Waals surface area contributed by atoms with Crippen LogP contribution >= 0.6 is 0 Å². The summed E-state index contributed by atoms with van der Waals surface area (Å²) in [6.07, 6.45) is 12.8. The van der Waals surface area contributed by atoms with E-state index < -0.39 is 0 Å².